The quantitative estimate of drug-likeness (QED) is 0.190. The topological polar surface area (TPSA) is 0 Å². The Morgan fingerprint density at radius 3 is 1.32 bits per heavy atom. The van der Waals surface area contributed by atoms with E-state index in [1.165, 1.54) is 87.2 Å². The summed E-state index contributed by atoms with van der Waals surface area (Å²) in [4.78, 5) is 0. The van der Waals surface area contributed by atoms with Gasteiger partial charge in [0.25, 0.3) is 0 Å². The minimum absolute atomic E-state index is 1.23. The van der Waals surface area contributed by atoms with Crippen LogP contribution in [0.25, 0.3) is 87.2 Å². The fraction of sp³-hybridized carbons (Fsp3) is 0. The highest BCUT2D eigenvalue weighted by atomic mass is 14.2. The van der Waals surface area contributed by atoms with Gasteiger partial charge in [-0.3, -0.25) is 0 Å². The largest absolute Gasteiger partial charge is 0.0616 e. The van der Waals surface area contributed by atoms with Crippen molar-refractivity contribution in [2.75, 3.05) is 0 Å². The molecule has 9 aromatic rings. The van der Waals surface area contributed by atoms with Gasteiger partial charge in [-0.05, 0) is 99.4 Å². The molecule has 0 radical (unpaired) electrons. The van der Waals surface area contributed by atoms with Crippen molar-refractivity contribution < 1.29 is 0 Å². The predicted octanol–water partition coefficient (Wildman–Crippen LogP) is 12.5. The maximum atomic E-state index is 2.37. The third-order valence-corrected chi connectivity index (χ3v) is 9.26. The summed E-state index contributed by atoms with van der Waals surface area (Å²) in [6.07, 6.45) is 0. The lowest BCUT2D eigenvalue weighted by molar-refractivity contribution is 1.62. The van der Waals surface area contributed by atoms with Gasteiger partial charge in [0.05, 0.1) is 0 Å². The molecule has 0 saturated heterocycles. The van der Waals surface area contributed by atoms with Crippen molar-refractivity contribution in [3.63, 3.8) is 0 Å². The van der Waals surface area contributed by atoms with Gasteiger partial charge in [0.15, 0.2) is 0 Å². The Morgan fingerprint density at radius 2 is 0.636 bits per heavy atom. The molecule has 204 valence electrons. The van der Waals surface area contributed by atoms with E-state index in [1.807, 2.05) is 0 Å². The molecule has 9 aromatic carbocycles. The van der Waals surface area contributed by atoms with Crippen LogP contribution in [0.3, 0.4) is 0 Å². The smallest absolute Gasteiger partial charge is 0.00928 e. The molecule has 0 amide bonds. The lowest BCUT2D eigenvalue weighted by atomic mass is 9.91. The van der Waals surface area contributed by atoms with Crippen molar-refractivity contribution in [3.8, 4) is 33.4 Å². The molecule has 9 rings (SSSR count). The fourth-order valence-corrected chi connectivity index (χ4v) is 7.10. The van der Waals surface area contributed by atoms with E-state index in [-0.39, 0.29) is 0 Å². The van der Waals surface area contributed by atoms with E-state index >= 15 is 0 Å². The summed E-state index contributed by atoms with van der Waals surface area (Å²) in [5.41, 5.74) is 7.46. The van der Waals surface area contributed by atoms with E-state index in [4.69, 9.17) is 0 Å². The Bertz CT molecular complexity index is 2490. The molecule has 0 spiro atoms. The van der Waals surface area contributed by atoms with E-state index < -0.39 is 0 Å². The van der Waals surface area contributed by atoms with Crippen molar-refractivity contribution in [2.45, 2.75) is 0 Å². The maximum absolute atomic E-state index is 2.37. The summed E-state index contributed by atoms with van der Waals surface area (Å²) in [7, 11) is 0. The second-order valence-corrected chi connectivity index (χ2v) is 11.7. The zero-order valence-corrected chi connectivity index (χ0v) is 24.2. The second kappa shape index (κ2) is 9.93. The van der Waals surface area contributed by atoms with Crippen molar-refractivity contribution in [3.05, 3.63) is 170 Å². The first-order valence-corrected chi connectivity index (χ1v) is 15.3. The van der Waals surface area contributed by atoms with Crippen molar-refractivity contribution in [1.82, 2.24) is 0 Å². The molecule has 44 heavy (non-hydrogen) atoms. The van der Waals surface area contributed by atoms with E-state index in [0.29, 0.717) is 0 Å². The van der Waals surface area contributed by atoms with E-state index in [1.54, 1.807) is 0 Å². The average molecular weight is 557 g/mol. The van der Waals surface area contributed by atoms with Gasteiger partial charge < -0.3 is 0 Å². The summed E-state index contributed by atoms with van der Waals surface area (Å²) in [6.45, 7) is 0. The molecule has 0 atom stereocenters. The molecule has 0 aromatic heterocycles. The fourth-order valence-electron chi connectivity index (χ4n) is 7.10. The van der Waals surface area contributed by atoms with Gasteiger partial charge in [0.2, 0.25) is 0 Å². The summed E-state index contributed by atoms with van der Waals surface area (Å²) in [6, 6.07) is 62.3. The van der Waals surface area contributed by atoms with Gasteiger partial charge in [-0.2, -0.15) is 0 Å². The molecule has 0 bridgehead atoms. The molecule has 0 saturated carbocycles. The first kappa shape index (κ1) is 24.8. The van der Waals surface area contributed by atoms with Crippen LogP contribution in [-0.2, 0) is 0 Å². The molecule has 0 nitrogen and oxygen atoms in total. The second-order valence-electron chi connectivity index (χ2n) is 11.7. The monoisotopic (exact) mass is 556 g/mol. The highest BCUT2D eigenvalue weighted by Crippen LogP contribution is 2.38. The van der Waals surface area contributed by atoms with Gasteiger partial charge in [-0.1, -0.05) is 158 Å². The summed E-state index contributed by atoms with van der Waals surface area (Å²) < 4.78 is 0. The Morgan fingerprint density at radius 1 is 0.205 bits per heavy atom. The predicted molar refractivity (Wildman–Crippen MR) is 190 cm³/mol. The maximum Gasteiger partial charge on any atom is -0.00928 e. The minimum atomic E-state index is 1.23. The molecule has 0 aliphatic heterocycles. The van der Waals surface area contributed by atoms with Crippen LogP contribution in [0, 0.1) is 0 Å². The SMILES string of the molecule is c1ccc2c(-c3ccc4cccc(-c5ccc(-c6ccc7c8ccccc8c8ccccc8c7c6)cc5)c4c3)cccc2c1. The van der Waals surface area contributed by atoms with Crippen LogP contribution in [0.15, 0.2) is 170 Å². The van der Waals surface area contributed by atoms with E-state index in [0.717, 1.165) is 0 Å². The third kappa shape index (κ3) is 3.92. The van der Waals surface area contributed by atoms with Crippen LogP contribution in [0.1, 0.15) is 0 Å². The van der Waals surface area contributed by atoms with Gasteiger partial charge in [-0.15, -0.1) is 0 Å². The third-order valence-electron chi connectivity index (χ3n) is 9.26. The van der Waals surface area contributed by atoms with E-state index in [2.05, 4.69) is 170 Å². The molecule has 0 unspecified atom stereocenters. The standard InChI is InChI=1S/C44H28/c1-2-12-35-30(9-1)10-7-18-37(35)34-24-23-31-11-8-17-36(43(31)28-34)32-21-19-29(20-22-32)33-25-26-42-40-15-4-3-13-38(40)39-14-5-6-16-41(39)44(42)27-33/h1-28H. The molecular weight excluding hydrogens is 528 g/mol. The first-order chi connectivity index (χ1) is 21.8. The molecule has 0 heterocycles. The van der Waals surface area contributed by atoms with Crippen LogP contribution in [0.2, 0.25) is 0 Å². The lowest BCUT2D eigenvalue weighted by Gasteiger charge is -2.13. The molecule has 0 aliphatic carbocycles. The first-order valence-electron chi connectivity index (χ1n) is 15.3. The Kier molecular flexibility index (Phi) is 5.61. The highest BCUT2D eigenvalue weighted by Gasteiger charge is 2.11. The summed E-state index contributed by atoms with van der Waals surface area (Å²) >= 11 is 0. The molecule has 0 fully saturated rings. The summed E-state index contributed by atoms with van der Waals surface area (Å²) in [5, 5.41) is 12.9. The highest BCUT2D eigenvalue weighted by molar-refractivity contribution is 6.25. The molecule has 0 aliphatic rings. The van der Waals surface area contributed by atoms with Crippen LogP contribution in [-0.4, -0.2) is 0 Å². The van der Waals surface area contributed by atoms with Crippen LogP contribution >= 0.6 is 0 Å². The number of rotatable bonds is 3. The molecule has 0 N–H and O–H groups in total. The molecular formula is C44H28. The normalized spacial score (nSPS) is 11.6. The lowest BCUT2D eigenvalue weighted by Crippen LogP contribution is -1.86. The van der Waals surface area contributed by atoms with Gasteiger partial charge in [0, 0.05) is 0 Å². The van der Waals surface area contributed by atoms with Crippen LogP contribution < -0.4 is 0 Å². The van der Waals surface area contributed by atoms with Crippen molar-refractivity contribution in [1.29, 1.82) is 0 Å². The van der Waals surface area contributed by atoms with E-state index in [9.17, 15) is 0 Å². The minimum Gasteiger partial charge on any atom is -0.0616 e. The van der Waals surface area contributed by atoms with Gasteiger partial charge >= 0.3 is 0 Å². The zero-order valence-electron chi connectivity index (χ0n) is 24.2. The number of benzene rings is 9. The van der Waals surface area contributed by atoms with Crippen LogP contribution in [0.5, 0.6) is 0 Å². The van der Waals surface area contributed by atoms with Crippen molar-refractivity contribution in [2.24, 2.45) is 0 Å². The Balaban J connectivity index is 1.15. The molecule has 0 heteroatoms. The average Bonchev–Trinajstić information content (AvgIpc) is 3.11. The summed E-state index contributed by atoms with van der Waals surface area (Å²) in [5.74, 6) is 0. The zero-order chi connectivity index (χ0) is 29.0. The van der Waals surface area contributed by atoms with Gasteiger partial charge in [0.1, 0.15) is 0 Å². The van der Waals surface area contributed by atoms with Gasteiger partial charge in [-0.25, -0.2) is 0 Å². The Hall–Kier alpha value is -5.72. The Labute approximate surface area is 256 Å². The number of hydrogen-bond acceptors (Lipinski definition) is 0. The van der Waals surface area contributed by atoms with Crippen molar-refractivity contribution >= 4 is 53.9 Å². The number of hydrogen-bond donors (Lipinski definition) is 0. The van der Waals surface area contributed by atoms with Crippen LogP contribution in [0.4, 0.5) is 0 Å². The number of fused-ring (bicyclic) bond motifs is 8.